The molecule has 27 heavy (non-hydrogen) atoms. The summed E-state index contributed by atoms with van der Waals surface area (Å²) in [4.78, 5) is 0. The first-order chi connectivity index (χ1) is 13.2. The summed E-state index contributed by atoms with van der Waals surface area (Å²) in [5, 5.41) is 4.02. The van der Waals surface area contributed by atoms with Crippen molar-refractivity contribution in [1.82, 2.24) is 5.32 Å². The Kier molecular flexibility index (Phi) is 7.39. The number of halogens is 1. The smallest absolute Gasteiger partial charge is 0.180 e. The quantitative estimate of drug-likeness (QED) is 0.662. The molecule has 1 aliphatic rings. The van der Waals surface area contributed by atoms with E-state index in [4.69, 9.17) is 25.8 Å². The molecular formula is C22H28ClNO3. The SMILES string of the molecule is CCOc1cc(CNC[C@@H]2CCCO2)cc(Cl)c1OCc1ccccc1C. The van der Waals surface area contributed by atoms with Crippen molar-refractivity contribution in [2.75, 3.05) is 19.8 Å². The van der Waals surface area contributed by atoms with E-state index in [0.717, 1.165) is 43.7 Å². The van der Waals surface area contributed by atoms with Crippen molar-refractivity contribution >= 4 is 11.6 Å². The molecule has 1 saturated heterocycles. The third-order valence-electron chi connectivity index (χ3n) is 4.73. The van der Waals surface area contributed by atoms with Gasteiger partial charge in [-0.1, -0.05) is 35.9 Å². The van der Waals surface area contributed by atoms with Gasteiger partial charge in [0.1, 0.15) is 6.61 Å². The molecule has 0 unspecified atom stereocenters. The summed E-state index contributed by atoms with van der Waals surface area (Å²) in [6.45, 7) is 7.51. The van der Waals surface area contributed by atoms with Crippen LogP contribution < -0.4 is 14.8 Å². The fraction of sp³-hybridized carbons (Fsp3) is 0.455. The van der Waals surface area contributed by atoms with Crippen molar-refractivity contribution in [2.24, 2.45) is 0 Å². The molecule has 3 rings (SSSR count). The molecule has 146 valence electrons. The third-order valence-corrected chi connectivity index (χ3v) is 5.01. The summed E-state index contributed by atoms with van der Waals surface area (Å²) in [6.07, 6.45) is 2.60. The van der Waals surface area contributed by atoms with Gasteiger partial charge in [-0.25, -0.2) is 0 Å². The van der Waals surface area contributed by atoms with Crippen LogP contribution in [0.1, 0.15) is 36.5 Å². The average Bonchev–Trinajstić information content (AvgIpc) is 3.16. The Hall–Kier alpha value is -1.75. The van der Waals surface area contributed by atoms with Crippen LogP contribution in [-0.2, 0) is 17.9 Å². The Morgan fingerprint density at radius 3 is 2.81 bits per heavy atom. The second-order valence-corrected chi connectivity index (χ2v) is 7.23. The van der Waals surface area contributed by atoms with E-state index in [2.05, 4.69) is 24.4 Å². The molecule has 1 fully saturated rings. The molecule has 2 aromatic rings. The predicted octanol–water partition coefficient (Wildman–Crippen LogP) is 4.89. The summed E-state index contributed by atoms with van der Waals surface area (Å²) in [6, 6.07) is 12.1. The monoisotopic (exact) mass is 389 g/mol. The van der Waals surface area contributed by atoms with Gasteiger partial charge >= 0.3 is 0 Å². The van der Waals surface area contributed by atoms with Crippen molar-refractivity contribution < 1.29 is 14.2 Å². The standard InChI is InChI=1S/C22H28ClNO3/c1-3-25-21-12-17(13-24-14-19-9-6-10-26-19)11-20(23)22(21)27-15-18-8-5-4-7-16(18)2/h4-5,7-8,11-12,19,24H,3,6,9-10,13-15H2,1-2H3/t19-/m0/s1. The van der Waals surface area contributed by atoms with Crippen molar-refractivity contribution in [3.63, 3.8) is 0 Å². The maximum absolute atomic E-state index is 6.52. The van der Waals surface area contributed by atoms with Crippen LogP contribution in [0.4, 0.5) is 0 Å². The Morgan fingerprint density at radius 1 is 1.22 bits per heavy atom. The Balaban J connectivity index is 1.66. The number of hydrogen-bond donors (Lipinski definition) is 1. The molecule has 1 N–H and O–H groups in total. The van der Waals surface area contributed by atoms with Gasteiger partial charge in [0, 0.05) is 19.7 Å². The van der Waals surface area contributed by atoms with Crippen molar-refractivity contribution in [3.05, 3.63) is 58.1 Å². The second-order valence-electron chi connectivity index (χ2n) is 6.82. The molecule has 0 aliphatic carbocycles. The number of hydrogen-bond acceptors (Lipinski definition) is 4. The number of aryl methyl sites for hydroxylation is 1. The molecule has 0 aromatic heterocycles. The van der Waals surface area contributed by atoms with E-state index in [1.807, 2.05) is 31.2 Å². The van der Waals surface area contributed by atoms with Crippen LogP contribution in [0.5, 0.6) is 11.5 Å². The predicted molar refractivity (Wildman–Crippen MR) is 109 cm³/mol. The van der Waals surface area contributed by atoms with Gasteiger partial charge in [0.05, 0.1) is 17.7 Å². The van der Waals surface area contributed by atoms with Crippen LogP contribution in [0.15, 0.2) is 36.4 Å². The van der Waals surface area contributed by atoms with Crippen molar-refractivity contribution in [1.29, 1.82) is 0 Å². The minimum absolute atomic E-state index is 0.323. The van der Waals surface area contributed by atoms with Crippen molar-refractivity contribution in [3.8, 4) is 11.5 Å². The lowest BCUT2D eigenvalue weighted by atomic mass is 10.1. The summed E-state index contributed by atoms with van der Waals surface area (Å²) >= 11 is 6.52. The van der Waals surface area contributed by atoms with Crippen molar-refractivity contribution in [2.45, 2.75) is 45.9 Å². The number of ether oxygens (including phenoxy) is 3. The van der Waals surface area contributed by atoms with Gasteiger partial charge in [0.15, 0.2) is 11.5 Å². The highest BCUT2D eigenvalue weighted by Crippen LogP contribution is 2.37. The highest BCUT2D eigenvalue weighted by Gasteiger charge is 2.16. The lowest BCUT2D eigenvalue weighted by Crippen LogP contribution is -2.25. The van der Waals surface area contributed by atoms with Crippen LogP contribution in [0.25, 0.3) is 0 Å². The molecule has 1 aliphatic heterocycles. The summed E-state index contributed by atoms with van der Waals surface area (Å²) in [5.74, 6) is 1.29. The fourth-order valence-corrected chi connectivity index (χ4v) is 3.52. The third kappa shape index (κ3) is 5.61. The van der Waals surface area contributed by atoms with Gasteiger partial charge in [-0.3, -0.25) is 0 Å². The van der Waals surface area contributed by atoms with Crippen LogP contribution in [-0.4, -0.2) is 25.9 Å². The molecule has 5 heteroatoms. The largest absolute Gasteiger partial charge is 0.490 e. The summed E-state index contributed by atoms with van der Waals surface area (Å²) < 4.78 is 17.5. The van der Waals surface area contributed by atoms with E-state index in [0.29, 0.717) is 35.8 Å². The van der Waals surface area contributed by atoms with E-state index in [-0.39, 0.29) is 0 Å². The van der Waals surface area contributed by atoms with E-state index in [1.54, 1.807) is 0 Å². The van der Waals surface area contributed by atoms with Crippen LogP contribution >= 0.6 is 11.6 Å². The number of rotatable bonds is 9. The molecule has 0 saturated carbocycles. The molecule has 0 bridgehead atoms. The van der Waals surface area contributed by atoms with Gasteiger partial charge in [-0.15, -0.1) is 0 Å². The number of nitrogens with one attached hydrogen (secondary N) is 1. The minimum atomic E-state index is 0.323. The van der Waals surface area contributed by atoms with E-state index < -0.39 is 0 Å². The molecule has 0 spiro atoms. The van der Waals surface area contributed by atoms with Crippen LogP contribution in [0.3, 0.4) is 0 Å². The lowest BCUT2D eigenvalue weighted by Gasteiger charge is -2.17. The maximum atomic E-state index is 6.52. The molecule has 0 amide bonds. The van der Waals surface area contributed by atoms with Gasteiger partial charge in [0.2, 0.25) is 0 Å². The Labute approximate surface area is 166 Å². The molecule has 4 nitrogen and oxygen atoms in total. The van der Waals surface area contributed by atoms with Gasteiger partial charge < -0.3 is 19.5 Å². The highest BCUT2D eigenvalue weighted by atomic mass is 35.5. The molecular weight excluding hydrogens is 362 g/mol. The zero-order chi connectivity index (χ0) is 19.1. The minimum Gasteiger partial charge on any atom is -0.490 e. The zero-order valence-corrected chi connectivity index (χ0v) is 16.8. The fourth-order valence-electron chi connectivity index (χ4n) is 3.23. The zero-order valence-electron chi connectivity index (χ0n) is 16.1. The average molecular weight is 390 g/mol. The van der Waals surface area contributed by atoms with E-state index >= 15 is 0 Å². The molecule has 0 radical (unpaired) electrons. The van der Waals surface area contributed by atoms with E-state index in [9.17, 15) is 0 Å². The molecule has 1 heterocycles. The van der Waals surface area contributed by atoms with Crippen LogP contribution in [0.2, 0.25) is 5.02 Å². The molecule has 1 atom stereocenters. The molecule has 2 aromatic carbocycles. The normalized spacial score (nSPS) is 16.5. The first-order valence-corrected chi connectivity index (χ1v) is 10.00. The van der Waals surface area contributed by atoms with Gasteiger partial charge in [0.25, 0.3) is 0 Å². The first kappa shape index (κ1) is 20.0. The summed E-state index contributed by atoms with van der Waals surface area (Å²) in [5.41, 5.74) is 3.41. The van der Waals surface area contributed by atoms with Gasteiger partial charge in [-0.05, 0) is 55.5 Å². The van der Waals surface area contributed by atoms with Gasteiger partial charge in [-0.2, -0.15) is 0 Å². The van der Waals surface area contributed by atoms with E-state index in [1.165, 1.54) is 5.56 Å². The summed E-state index contributed by atoms with van der Waals surface area (Å²) in [7, 11) is 0. The van der Waals surface area contributed by atoms with Crippen LogP contribution in [0, 0.1) is 6.92 Å². The Morgan fingerprint density at radius 2 is 2.07 bits per heavy atom. The second kappa shape index (κ2) is 9.98. The Bertz CT molecular complexity index is 744. The maximum Gasteiger partial charge on any atom is 0.180 e. The lowest BCUT2D eigenvalue weighted by molar-refractivity contribution is 0.110. The topological polar surface area (TPSA) is 39.7 Å². The first-order valence-electron chi connectivity index (χ1n) is 9.62. The number of benzene rings is 2. The highest BCUT2D eigenvalue weighted by molar-refractivity contribution is 6.32.